The van der Waals surface area contributed by atoms with Crippen LogP contribution in [-0.4, -0.2) is 91.3 Å². The molecule has 10 atom stereocenters. The van der Waals surface area contributed by atoms with Gasteiger partial charge in [-0.2, -0.15) is 0 Å². The second kappa shape index (κ2) is 11.1. The van der Waals surface area contributed by atoms with Crippen molar-refractivity contribution in [2.45, 2.75) is 95.5 Å². The summed E-state index contributed by atoms with van der Waals surface area (Å²) >= 11 is 0. The minimum Gasteiger partial charge on any atom is -0.459 e. The van der Waals surface area contributed by atoms with Gasteiger partial charge in [0.25, 0.3) is 0 Å². The van der Waals surface area contributed by atoms with Gasteiger partial charge in [-0.15, -0.1) is 0 Å². The van der Waals surface area contributed by atoms with Crippen LogP contribution in [0.5, 0.6) is 0 Å². The van der Waals surface area contributed by atoms with Crippen LogP contribution in [0.1, 0.15) is 77.2 Å². The molecule has 1 spiro atoms. The standard InChI is InChI=1S/C34H48N4O7/c1-20(39)44-29-28(21-5-8-27(41)43-19-21)33(3)12-10-24-25(34(33)30(29)45-34)7-6-22-17-23(9-11-32(22,24)2)37(4)31(42)36-14-16-38-15-13-35-26(40)18-38/h5,8,19,22-25,28-30H,6-7,9-18H2,1-4H3,(H,35,40)(H,36,42)/t22-,23+,24+,25-,28+,29-,30-,32+,33-,34-/m1/s1. The predicted molar refractivity (Wildman–Crippen MR) is 164 cm³/mol. The van der Waals surface area contributed by atoms with E-state index in [0.717, 1.165) is 57.1 Å². The molecule has 1 aromatic rings. The van der Waals surface area contributed by atoms with E-state index in [0.29, 0.717) is 43.9 Å². The van der Waals surface area contributed by atoms with Gasteiger partial charge < -0.3 is 29.4 Å². The van der Waals surface area contributed by atoms with E-state index in [4.69, 9.17) is 13.9 Å². The highest BCUT2D eigenvalue weighted by Crippen LogP contribution is 2.78. The second-order valence-electron chi connectivity index (χ2n) is 15.1. The number of rotatable bonds is 6. The third kappa shape index (κ3) is 4.82. The summed E-state index contributed by atoms with van der Waals surface area (Å²) in [4.78, 5) is 52.9. The van der Waals surface area contributed by atoms with Gasteiger partial charge in [-0.1, -0.05) is 13.8 Å². The van der Waals surface area contributed by atoms with E-state index >= 15 is 0 Å². The van der Waals surface area contributed by atoms with Crippen molar-refractivity contribution >= 4 is 17.9 Å². The second-order valence-corrected chi connectivity index (χ2v) is 15.1. The van der Waals surface area contributed by atoms with E-state index in [1.165, 1.54) is 13.0 Å². The molecular formula is C34H48N4O7. The number of nitrogens with one attached hydrogen (secondary N) is 2. The molecule has 3 heterocycles. The molecule has 4 aliphatic carbocycles. The number of epoxide rings is 1. The van der Waals surface area contributed by atoms with Crippen LogP contribution in [0.3, 0.4) is 0 Å². The molecule has 1 aromatic heterocycles. The van der Waals surface area contributed by atoms with Crippen molar-refractivity contribution < 1.29 is 28.3 Å². The summed E-state index contributed by atoms with van der Waals surface area (Å²) in [7, 11) is 1.93. The van der Waals surface area contributed by atoms with Crippen molar-refractivity contribution in [1.29, 1.82) is 0 Å². The van der Waals surface area contributed by atoms with Crippen LogP contribution >= 0.6 is 0 Å². The van der Waals surface area contributed by atoms with Gasteiger partial charge in [0, 0.05) is 63.6 Å². The fourth-order valence-corrected chi connectivity index (χ4v) is 10.9. The van der Waals surface area contributed by atoms with E-state index in [-0.39, 0.29) is 58.0 Å². The number of piperazine rings is 1. The monoisotopic (exact) mass is 624 g/mol. The third-order valence-corrected chi connectivity index (χ3v) is 13.2. The molecule has 246 valence electrons. The summed E-state index contributed by atoms with van der Waals surface area (Å²) in [5.74, 6) is 1.04. The minimum absolute atomic E-state index is 0.0365. The number of esters is 1. The first kappa shape index (κ1) is 30.7. The van der Waals surface area contributed by atoms with Crippen molar-refractivity contribution in [3.63, 3.8) is 0 Å². The van der Waals surface area contributed by atoms with Crippen molar-refractivity contribution in [1.82, 2.24) is 20.4 Å². The van der Waals surface area contributed by atoms with Crippen LogP contribution in [0, 0.1) is 28.6 Å². The molecule has 0 bridgehead atoms. The zero-order valence-corrected chi connectivity index (χ0v) is 27.0. The normalized spacial score (nSPS) is 41.9. The lowest BCUT2D eigenvalue weighted by Gasteiger charge is -2.61. The summed E-state index contributed by atoms with van der Waals surface area (Å²) in [5.41, 5.74) is 0.0825. The number of amides is 3. The highest BCUT2D eigenvalue weighted by Gasteiger charge is 2.84. The van der Waals surface area contributed by atoms with E-state index < -0.39 is 6.10 Å². The molecule has 2 N–H and O–H groups in total. The smallest absolute Gasteiger partial charge is 0.335 e. The van der Waals surface area contributed by atoms with E-state index in [1.807, 2.05) is 18.0 Å². The molecule has 11 nitrogen and oxygen atoms in total. The fraction of sp³-hybridized carbons (Fsp3) is 0.765. The van der Waals surface area contributed by atoms with Crippen molar-refractivity contribution in [3.8, 4) is 0 Å². The molecule has 3 amide bonds. The highest BCUT2D eigenvalue weighted by atomic mass is 16.7. The molecule has 0 unspecified atom stereocenters. The quantitative estimate of drug-likeness (QED) is 0.365. The van der Waals surface area contributed by atoms with Gasteiger partial charge >= 0.3 is 17.6 Å². The SMILES string of the molecule is CC(=O)O[C@H]1[C@H]2O[C@]23[C@@H]2CC[C@@H]4C[C@@H](N(C)C(=O)NCCN5CCNC(=O)C5)CC[C@]4(C)[C@H]2CC[C@]3(C)[C@H]1c1ccc(=O)oc1. The maximum atomic E-state index is 13.1. The first-order valence-corrected chi connectivity index (χ1v) is 16.9. The average Bonchev–Trinajstić information content (AvgIpc) is 3.71. The van der Waals surface area contributed by atoms with E-state index in [9.17, 15) is 19.2 Å². The molecular weight excluding hydrogens is 576 g/mol. The van der Waals surface area contributed by atoms with E-state index in [1.54, 1.807) is 6.26 Å². The first-order valence-electron chi connectivity index (χ1n) is 16.9. The maximum Gasteiger partial charge on any atom is 0.335 e. The number of ether oxygens (including phenoxy) is 2. The van der Waals surface area contributed by atoms with Gasteiger partial charge in [0.15, 0.2) is 0 Å². The lowest BCUT2D eigenvalue weighted by Crippen LogP contribution is -2.59. The Hall–Kier alpha value is -2.92. The molecule has 0 aromatic carbocycles. The number of carbonyl (C=O) groups is 3. The van der Waals surface area contributed by atoms with Gasteiger partial charge in [0.2, 0.25) is 5.91 Å². The van der Waals surface area contributed by atoms with Crippen LogP contribution in [0.2, 0.25) is 0 Å². The molecule has 6 aliphatic rings. The molecule has 7 rings (SSSR count). The summed E-state index contributed by atoms with van der Waals surface area (Å²) in [6.07, 6.45) is 8.25. The van der Waals surface area contributed by atoms with E-state index in [2.05, 4.69) is 29.4 Å². The summed E-state index contributed by atoms with van der Waals surface area (Å²) in [6, 6.07) is 3.46. The highest BCUT2D eigenvalue weighted by molar-refractivity contribution is 5.78. The van der Waals surface area contributed by atoms with Crippen LogP contribution in [0.15, 0.2) is 27.6 Å². The Morgan fingerprint density at radius 3 is 2.69 bits per heavy atom. The largest absolute Gasteiger partial charge is 0.459 e. The van der Waals surface area contributed by atoms with Crippen LogP contribution < -0.4 is 16.3 Å². The zero-order chi connectivity index (χ0) is 31.7. The number of urea groups is 1. The lowest BCUT2D eigenvalue weighted by molar-refractivity contribution is -0.156. The molecule has 4 saturated carbocycles. The Balaban J connectivity index is 1.04. The van der Waals surface area contributed by atoms with Gasteiger partial charge in [-0.05, 0) is 79.7 Å². The molecule has 6 fully saturated rings. The topological polar surface area (TPSA) is 134 Å². The van der Waals surface area contributed by atoms with Crippen molar-refractivity contribution in [3.05, 3.63) is 34.4 Å². The number of hydrogen-bond acceptors (Lipinski definition) is 8. The van der Waals surface area contributed by atoms with Crippen LogP contribution in [-0.2, 0) is 19.1 Å². The summed E-state index contributed by atoms with van der Waals surface area (Å²) < 4.78 is 18.1. The summed E-state index contributed by atoms with van der Waals surface area (Å²) in [5, 5.41) is 5.92. The van der Waals surface area contributed by atoms with Crippen LogP contribution in [0.4, 0.5) is 4.79 Å². The Morgan fingerprint density at radius 1 is 1.13 bits per heavy atom. The molecule has 0 radical (unpaired) electrons. The molecule has 11 heteroatoms. The number of hydrogen-bond donors (Lipinski definition) is 2. The molecule has 45 heavy (non-hydrogen) atoms. The number of carbonyl (C=O) groups excluding carboxylic acids is 3. The van der Waals surface area contributed by atoms with Gasteiger partial charge in [0.1, 0.15) is 17.8 Å². The zero-order valence-electron chi connectivity index (χ0n) is 27.0. The minimum atomic E-state index is -0.403. The summed E-state index contributed by atoms with van der Waals surface area (Å²) in [6.45, 7) is 9.30. The average molecular weight is 625 g/mol. The van der Waals surface area contributed by atoms with Crippen molar-refractivity contribution in [2.24, 2.45) is 28.6 Å². The van der Waals surface area contributed by atoms with Gasteiger partial charge in [0.05, 0.1) is 12.8 Å². The van der Waals surface area contributed by atoms with Gasteiger partial charge in [-0.3, -0.25) is 14.5 Å². The Labute approximate surface area is 264 Å². The molecule has 2 aliphatic heterocycles. The lowest BCUT2D eigenvalue weighted by atomic mass is 9.44. The Bertz CT molecular complexity index is 1400. The third-order valence-electron chi connectivity index (χ3n) is 13.2. The number of fused-ring (bicyclic) bond motifs is 3. The van der Waals surface area contributed by atoms with Crippen molar-refractivity contribution in [2.75, 3.05) is 39.8 Å². The maximum absolute atomic E-state index is 13.1. The first-order chi connectivity index (χ1) is 21.5. The Kier molecular flexibility index (Phi) is 7.58. The molecule has 2 saturated heterocycles. The number of nitrogens with zero attached hydrogens (tertiary/aromatic N) is 2. The Morgan fingerprint density at radius 2 is 1.96 bits per heavy atom. The van der Waals surface area contributed by atoms with Crippen LogP contribution in [0.25, 0.3) is 0 Å². The predicted octanol–water partition coefficient (Wildman–Crippen LogP) is 2.88. The fourth-order valence-electron chi connectivity index (χ4n) is 10.9. The van der Waals surface area contributed by atoms with Gasteiger partial charge in [-0.25, -0.2) is 9.59 Å².